The lowest BCUT2D eigenvalue weighted by molar-refractivity contribution is -0.144. The molecule has 114 valence electrons. The molecule has 0 bridgehead atoms. The van der Waals surface area contributed by atoms with Crippen LogP contribution in [0.5, 0.6) is 11.5 Å². The predicted molar refractivity (Wildman–Crippen MR) is 73.4 cm³/mol. The van der Waals surface area contributed by atoms with Crippen LogP contribution in [0.25, 0.3) is 0 Å². The zero-order chi connectivity index (χ0) is 15.4. The SMILES string of the molecule is CCCOc1ccc([C@@H]2OC(=O)C[C@H]2C(=O)O)cc1OC. The quantitative estimate of drug-likeness (QED) is 0.810. The van der Waals surface area contributed by atoms with Gasteiger partial charge in [0.25, 0.3) is 0 Å². The fourth-order valence-electron chi connectivity index (χ4n) is 2.27. The molecule has 6 nitrogen and oxygen atoms in total. The van der Waals surface area contributed by atoms with Gasteiger partial charge < -0.3 is 19.3 Å². The predicted octanol–water partition coefficient (Wildman–Crippen LogP) is 2.17. The molecule has 1 aliphatic rings. The monoisotopic (exact) mass is 294 g/mol. The van der Waals surface area contributed by atoms with Gasteiger partial charge in [0, 0.05) is 0 Å². The first-order valence-electron chi connectivity index (χ1n) is 6.79. The van der Waals surface area contributed by atoms with Crippen molar-refractivity contribution in [3.63, 3.8) is 0 Å². The van der Waals surface area contributed by atoms with Gasteiger partial charge in [-0.3, -0.25) is 9.59 Å². The van der Waals surface area contributed by atoms with Crippen molar-refractivity contribution in [2.75, 3.05) is 13.7 Å². The molecule has 0 aromatic heterocycles. The van der Waals surface area contributed by atoms with Crippen molar-refractivity contribution in [3.05, 3.63) is 23.8 Å². The van der Waals surface area contributed by atoms with E-state index < -0.39 is 24.0 Å². The van der Waals surface area contributed by atoms with Crippen molar-refractivity contribution >= 4 is 11.9 Å². The number of hydrogen-bond acceptors (Lipinski definition) is 5. The van der Waals surface area contributed by atoms with Crippen LogP contribution < -0.4 is 9.47 Å². The summed E-state index contributed by atoms with van der Waals surface area (Å²) >= 11 is 0. The van der Waals surface area contributed by atoms with Gasteiger partial charge in [0.15, 0.2) is 11.5 Å². The Balaban J connectivity index is 2.27. The normalized spacial score (nSPS) is 21.0. The summed E-state index contributed by atoms with van der Waals surface area (Å²) in [5.41, 5.74) is 0.592. The third-order valence-corrected chi connectivity index (χ3v) is 3.31. The van der Waals surface area contributed by atoms with E-state index in [0.717, 1.165) is 6.42 Å². The van der Waals surface area contributed by atoms with Crippen LogP contribution in [0.1, 0.15) is 31.4 Å². The maximum Gasteiger partial charge on any atom is 0.311 e. The minimum absolute atomic E-state index is 0.115. The molecule has 0 saturated carbocycles. The summed E-state index contributed by atoms with van der Waals surface area (Å²) in [5.74, 6) is -1.34. The number of carboxylic acids is 1. The second kappa shape index (κ2) is 6.47. The van der Waals surface area contributed by atoms with E-state index in [2.05, 4.69) is 0 Å². The van der Waals surface area contributed by atoms with E-state index in [-0.39, 0.29) is 6.42 Å². The lowest BCUT2D eigenvalue weighted by Crippen LogP contribution is -2.17. The summed E-state index contributed by atoms with van der Waals surface area (Å²) in [6.07, 6.45) is -0.0352. The van der Waals surface area contributed by atoms with Crippen molar-refractivity contribution in [1.29, 1.82) is 0 Å². The fraction of sp³-hybridized carbons (Fsp3) is 0.467. The maximum absolute atomic E-state index is 11.4. The molecule has 0 radical (unpaired) electrons. The summed E-state index contributed by atoms with van der Waals surface area (Å²) < 4.78 is 15.9. The topological polar surface area (TPSA) is 82.1 Å². The van der Waals surface area contributed by atoms with E-state index >= 15 is 0 Å². The molecular formula is C15H18O6. The Hall–Kier alpha value is -2.24. The average molecular weight is 294 g/mol. The van der Waals surface area contributed by atoms with Crippen LogP contribution in [-0.2, 0) is 14.3 Å². The first-order chi connectivity index (χ1) is 10.1. The van der Waals surface area contributed by atoms with Crippen LogP contribution >= 0.6 is 0 Å². The van der Waals surface area contributed by atoms with Gasteiger partial charge in [-0.1, -0.05) is 13.0 Å². The van der Waals surface area contributed by atoms with Gasteiger partial charge in [-0.15, -0.1) is 0 Å². The molecule has 1 aliphatic heterocycles. The number of ether oxygens (including phenoxy) is 3. The van der Waals surface area contributed by atoms with Gasteiger partial charge >= 0.3 is 11.9 Å². The van der Waals surface area contributed by atoms with Crippen LogP contribution in [0.3, 0.4) is 0 Å². The highest BCUT2D eigenvalue weighted by Gasteiger charge is 2.41. The van der Waals surface area contributed by atoms with E-state index in [1.165, 1.54) is 7.11 Å². The fourth-order valence-corrected chi connectivity index (χ4v) is 2.27. The van der Waals surface area contributed by atoms with Crippen molar-refractivity contribution in [2.24, 2.45) is 5.92 Å². The lowest BCUT2D eigenvalue weighted by atomic mass is 9.95. The standard InChI is InChI=1S/C15H18O6/c1-3-6-20-11-5-4-9(7-12(11)19-2)14-10(15(17)18)8-13(16)21-14/h4-5,7,10,14H,3,6,8H2,1-2H3,(H,17,18)/t10-,14+/m1/s1. The van der Waals surface area contributed by atoms with Gasteiger partial charge in [0.05, 0.1) is 20.1 Å². The molecular weight excluding hydrogens is 276 g/mol. The Morgan fingerprint density at radius 1 is 1.43 bits per heavy atom. The van der Waals surface area contributed by atoms with Gasteiger partial charge in [-0.2, -0.15) is 0 Å². The van der Waals surface area contributed by atoms with Crippen molar-refractivity contribution in [2.45, 2.75) is 25.9 Å². The number of aliphatic carboxylic acids is 1. The minimum Gasteiger partial charge on any atom is -0.493 e. The van der Waals surface area contributed by atoms with Crippen LogP contribution in [0.4, 0.5) is 0 Å². The zero-order valence-corrected chi connectivity index (χ0v) is 12.0. The number of rotatable bonds is 6. The Bertz CT molecular complexity index is 539. The van der Waals surface area contributed by atoms with Crippen LogP contribution in [0.15, 0.2) is 18.2 Å². The second-order valence-electron chi connectivity index (χ2n) is 4.82. The van der Waals surface area contributed by atoms with E-state index in [9.17, 15) is 14.7 Å². The number of benzene rings is 1. The zero-order valence-electron chi connectivity index (χ0n) is 12.0. The van der Waals surface area contributed by atoms with E-state index in [1.807, 2.05) is 6.92 Å². The molecule has 1 N–H and O–H groups in total. The third kappa shape index (κ3) is 3.26. The van der Waals surface area contributed by atoms with Crippen LogP contribution in [0, 0.1) is 5.92 Å². The number of methoxy groups -OCH3 is 1. The first-order valence-corrected chi connectivity index (χ1v) is 6.79. The Morgan fingerprint density at radius 3 is 2.81 bits per heavy atom. The molecule has 1 saturated heterocycles. The number of hydrogen-bond donors (Lipinski definition) is 1. The second-order valence-corrected chi connectivity index (χ2v) is 4.82. The van der Waals surface area contributed by atoms with Crippen molar-refractivity contribution < 1.29 is 28.9 Å². The molecule has 0 unspecified atom stereocenters. The molecule has 1 aromatic carbocycles. The van der Waals surface area contributed by atoms with Crippen LogP contribution in [-0.4, -0.2) is 30.8 Å². The molecule has 0 spiro atoms. The van der Waals surface area contributed by atoms with Crippen molar-refractivity contribution in [1.82, 2.24) is 0 Å². The van der Waals surface area contributed by atoms with Gasteiger partial charge in [-0.05, 0) is 24.1 Å². The number of carbonyl (C=O) groups excluding carboxylic acids is 1. The summed E-state index contributed by atoms with van der Waals surface area (Å²) in [6, 6.07) is 5.06. The van der Waals surface area contributed by atoms with E-state index in [0.29, 0.717) is 23.7 Å². The maximum atomic E-state index is 11.4. The molecule has 2 rings (SSSR count). The number of cyclic esters (lactones) is 1. The molecule has 1 heterocycles. The Morgan fingerprint density at radius 2 is 2.19 bits per heavy atom. The van der Waals surface area contributed by atoms with Crippen LogP contribution in [0.2, 0.25) is 0 Å². The highest BCUT2D eigenvalue weighted by atomic mass is 16.6. The van der Waals surface area contributed by atoms with Gasteiger partial charge in [0.1, 0.15) is 12.0 Å². The molecule has 2 atom stereocenters. The number of esters is 1. The molecule has 0 amide bonds. The minimum atomic E-state index is -1.05. The van der Waals surface area contributed by atoms with E-state index in [4.69, 9.17) is 14.2 Å². The third-order valence-electron chi connectivity index (χ3n) is 3.31. The number of carboxylic acid groups (broad SMARTS) is 1. The first kappa shape index (κ1) is 15.2. The molecule has 1 aromatic rings. The van der Waals surface area contributed by atoms with E-state index in [1.54, 1.807) is 18.2 Å². The molecule has 1 fully saturated rings. The van der Waals surface area contributed by atoms with Gasteiger partial charge in [-0.25, -0.2) is 0 Å². The average Bonchev–Trinajstić information content (AvgIpc) is 2.87. The summed E-state index contributed by atoms with van der Waals surface area (Å²) in [7, 11) is 1.51. The smallest absolute Gasteiger partial charge is 0.311 e. The number of carbonyl (C=O) groups is 2. The summed E-state index contributed by atoms with van der Waals surface area (Å²) in [4.78, 5) is 22.6. The Labute approximate surface area is 122 Å². The molecule has 6 heteroatoms. The molecule has 21 heavy (non-hydrogen) atoms. The Kier molecular flexibility index (Phi) is 4.67. The highest BCUT2D eigenvalue weighted by molar-refractivity contribution is 5.82. The lowest BCUT2D eigenvalue weighted by Gasteiger charge is -2.17. The van der Waals surface area contributed by atoms with Crippen molar-refractivity contribution in [3.8, 4) is 11.5 Å². The highest BCUT2D eigenvalue weighted by Crippen LogP contribution is 2.39. The largest absolute Gasteiger partial charge is 0.493 e. The summed E-state index contributed by atoms with van der Waals surface area (Å²) in [6.45, 7) is 2.56. The molecule has 0 aliphatic carbocycles. The van der Waals surface area contributed by atoms with Gasteiger partial charge in [0.2, 0.25) is 0 Å². The summed E-state index contributed by atoms with van der Waals surface area (Å²) in [5, 5.41) is 9.17.